The molecule has 0 aromatic carbocycles. The zero-order valence-electron chi connectivity index (χ0n) is 12.2. The first-order chi connectivity index (χ1) is 9.70. The van der Waals surface area contributed by atoms with Gasteiger partial charge in [-0.2, -0.15) is 0 Å². The topological polar surface area (TPSA) is 70.7 Å². The maximum absolute atomic E-state index is 11.9. The van der Waals surface area contributed by atoms with Gasteiger partial charge in [-0.1, -0.05) is 0 Å². The largest absolute Gasteiger partial charge is 0.383 e. The molecule has 1 saturated heterocycles. The molecule has 0 unspecified atom stereocenters. The number of nitrogens with zero attached hydrogens (tertiary/aromatic N) is 1. The summed E-state index contributed by atoms with van der Waals surface area (Å²) in [6.45, 7) is 3.14. The third kappa shape index (κ3) is 4.76. The monoisotopic (exact) mass is 283 g/mol. The third-order valence-corrected chi connectivity index (χ3v) is 3.90. The minimum Gasteiger partial charge on any atom is -0.383 e. The first-order valence-electron chi connectivity index (χ1n) is 7.48. The number of methoxy groups -OCH3 is 1. The summed E-state index contributed by atoms with van der Waals surface area (Å²) in [6, 6.07) is 0.244. The van der Waals surface area contributed by atoms with Crippen molar-refractivity contribution in [2.45, 2.75) is 31.7 Å². The minimum atomic E-state index is 0.132. The fourth-order valence-corrected chi connectivity index (χ4v) is 2.42. The van der Waals surface area contributed by atoms with Gasteiger partial charge in [0, 0.05) is 38.7 Å². The summed E-state index contributed by atoms with van der Waals surface area (Å²) >= 11 is 0. The number of likely N-dealkylation sites (tertiary alicyclic amines) is 1. The van der Waals surface area contributed by atoms with Crippen molar-refractivity contribution in [3.8, 4) is 0 Å². The average molecular weight is 283 g/mol. The second kappa shape index (κ2) is 7.59. The van der Waals surface area contributed by atoms with E-state index in [1.54, 1.807) is 7.11 Å². The van der Waals surface area contributed by atoms with Crippen LogP contribution >= 0.6 is 0 Å². The van der Waals surface area contributed by atoms with Crippen LogP contribution in [0, 0.1) is 5.92 Å². The predicted molar refractivity (Wildman–Crippen MR) is 75.2 cm³/mol. The normalized spacial score (nSPS) is 19.9. The maximum Gasteiger partial charge on any atom is 0.236 e. The SMILES string of the molecule is COCCNCC(=O)N1CCC(NC(=O)C2CC2)CC1. The van der Waals surface area contributed by atoms with E-state index < -0.39 is 0 Å². The molecular weight excluding hydrogens is 258 g/mol. The van der Waals surface area contributed by atoms with Gasteiger partial charge in [-0.05, 0) is 25.7 Å². The lowest BCUT2D eigenvalue weighted by Crippen LogP contribution is -2.48. The molecule has 2 fully saturated rings. The summed E-state index contributed by atoms with van der Waals surface area (Å²) in [4.78, 5) is 25.5. The van der Waals surface area contributed by atoms with Gasteiger partial charge in [0.05, 0.1) is 13.2 Å². The molecule has 0 aromatic rings. The number of amides is 2. The van der Waals surface area contributed by atoms with Crippen LogP contribution in [0.1, 0.15) is 25.7 Å². The molecule has 20 heavy (non-hydrogen) atoms. The number of piperidine rings is 1. The van der Waals surface area contributed by atoms with Crippen molar-refractivity contribution in [1.29, 1.82) is 0 Å². The van der Waals surface area contributed by atoms with E-state index >= 15 is 0 Å². The Labute approximate surface area is 120 Å². The summed E-state index contributed by atoms with van der Waals surface area (Å²) in [5, 5.41) is 6.16. The van der Waals surface area contributed by atoms with E-state index in [0.29, 0.717) is 19.7 Å². The van der Waals surface area contributed by atoms with Crippen LogP contribution in [0.25, 0.3) is 0 Å². The van der Waals surface area contributed by atoms with Gasteiger partial charge < -0.3 is 20.3 Å². The zero-order valence-corrected chi connectivity index (χ0v) is 12.2. The maximum atomic E-state index is 11.9. The number of carbonyl (C=O) groups is 2. The van der Waals surface area contributed by atoms with Crippen molar-refractivity contribution in [2.24, 2.45) is 5.92 Å². The van der Waals surface area contributed by atoms with Crippen molar-refractivity contribution in [3.63, 3.8) is 0 Å². The highest BCUT2D eigenvalue weighted by Crippen LogP contribution is 2.29. The van der Waals surface area contributed by atoms with E-state index in [9.17, 15) is 9.59 Å². The molecule has 2 aliphatic rings. The fourth-order valence-electron chi connectivity index (χ4n) is 2.42. The van der Waals surface area contributed by atoms with Gasteiger partial charge in [-0.3, -0.25) is 9.59 Å². The van der Waals surface area contributed by atoms with E-state index in [-0.39, 0.29) is 23.8 Å². The van der Waals surface area contributed by atoms with Crippen LogP contribution < -0.4 is 10.6 Å². The minimum absolute atomic E-state index is 0.132. The van der Waals surface area contributed by atoms with Gasteiger partial charge in [0.15, 0.2) is 0 Å². The summed E-state index contributed by atoms with van der Waals surface area (Å²) < 4.78 is 4.92. The smallest absolute Gasteiger partial charge is 0.236 e. The van der Waals surface area contributed by atoms with E-state index in [4.69, 9.17) is 4.74 Å². The summed E-state index contributed by atoms with van der Waals surface area (Å²) in [5.74, 6) is 0.601. The molecular formula is C14H25N3O3. The van der Waals surface area contributed by atoms with Crippen LogP contribution in [0.15, 0.2) is 0 Å². The molecule has 1 aliphatic carbocycles. The third-order valence-electron chi connectivity index (χ3n) is 3.90. The molecule has 0 atom stereocenters. The number of hydrogen-bond acceptors (Lipinski definition) is 4. The van der Waals surface area contributed by atoms with Crippen LogP contribution in [-0.4, -0.2) is 62.7 Å². The highest BCUT2D eigenvalue weighted by Gasteiger charge is 2.32. The Kier molecular flexibility index (Phi) is 5.79. The molecule has 0 aromatic heterocycles. The second-order valence-corrected chi connectivity index (χ2v) is 5.61. The highest BCUT2D eigenvalue weighted by atomic mass is 16.5. The first-order valence-corrected chi connectivity index (χ1v) is 7.48. The molecule has 6 heteroatoms. The van der Waals surface area contributed by atoms with Crippen LogP contribution in [-0.2, 0) is 14.3 Å². The Balaban J connectivity index is 1.60. The number of ether oxygens (including phenoxy) is 1. The van der Waals surface area contributed by atoms with Crippen LogP contribution in [0.5, 0.6) is 0 Å². The van der Waals surface area contributed by atoms with E-state index in [0.717, 1.165) is 38.8 Å². The molecule has 2 rings (SSSR count). The quantitative estimate of drug-likeness (QED) is 0.632. The van der Waals surface area contributed by atoms with Crippen molar-refractivity contribution in [1.82, 2.24) is 15.5 Å². The van der Waals surface area contributed by atoms with Crippen LogP contribution in [0.2, 0.25) is 0 Å². The van der Waals surface area contributed by atoms with Gasteiger partial charge >= 0.3 is 0 Å². The standard InChI is InChI=1S/C14H25N3O3/c1-20-9-6-15-10-13(18)17-7-4-12(5-8-17)16-14(19)11-2-3-11/h11-12,15H,2-10H2,1H3,(H,16,19). The van der Waals surface area contributed by atoms with Gasteiger partial charge in [-0.25, -0.2) is 0 Å². The van der Waals surface area contributed by atoms with E-state index in [2.05, 4.69) is 10.6 Å². The summed E-state index contributed by atoms with van der Waals surface area (Å²) in [5.41, 5.74) is 0. The Morgan fingerprint density at radius 3 is 2.50 bits per heavy atom. The lowest BCUT2D eigenvalue weighted by molar-refractivity contribution is -0.131. The molecule has 1 aliphatic heterocycles. The number of rotatable bonds is 7. The van der Waals surface area contributed by atoms with Gasteiger partial charge in [0.1, 0.15) is 0 Å². The number of hydrogen-bond donors (Lipinski definition) is 2. The molecule has 6 nitrogen and oxygen atoms in total. The lowest BCUT2D eigenvalue weighted by Gasteiger charge is -2.32. The lowest BCUT2D eigenvalue weighted by atomic mass is 10.0. The molecule has 2 N–H and O–H groups in total. The molecule has 1 heterocycles. The molecule has 0 spiro atoms. The predicted octanol–water partition coefficient (Wildman–Crippen LogP) is -0.260. The van der Waals surface area contributed by atoms with E-state index in [1.807, 2.05) is 4.90 Å². The van der Waals surface area contributed by atoms with E-state index in [1.165, 1.54) is 0 Å². The van der Waals surface area contributed by atoms with Gasteiger partial charge in [0.2, 0.25) is 11.8 Å². The second-order valence-electron chi connectivity index (χ2n) is 5.61. The van der Waals surface area contributed by atoms with Crippen molar-refractivity contribution >= 4 is 11.8 Å². The first kappa shape index (κ1) is 15.3. The van der Waals surface area contributed by atoms with Crippen molar-refractivity contribution in [2.75, 3.05) is 39.9 Å². The average Bonchev–Trinajstić information content (AvgIpc) is 3.29. The molecule has 1 saturated carbocycles. The Morgan fingerprint density at radius 1 is 1.20 bits per heavy atom. The van der Waals surface area contributed by atoms with Crippen LogP contribution in [0.3, 0.4) is 0 Å². The zero-order chi connectivity index (χ0) is 14.4. The number of nitrogens with one attached hydrogen (secondary N) is 2. The summed E-state index contributed by atoms with van der Waals surface area (Å²) in [7, 11) is 1.64. The van der Waals surface area contributed by atoms with Crippen molar-refractivity contribution in [3.05, 3.63) is 0 Å². The highest BCUT2D eigenvalue weighted by molar-refractivity contribution is 5.81. The fraction of sp³-hybridized carbons (Fsp3) is 0.857. The molecule has 2 amide bonds. The number of carbonyl (C=O) groups excluding carboxylic acids is 2. The molecule has 0 radical (unpaired) electrons. The van der Waals surface area contributed by atoms with Crippen molar-refractivity contribution < 1.29 is 14.3 Å². The molecule has 114 valence electrons. The summed E-state index contributed by atoms with van der Waals surface area (Å²) in [6.07, 6.45) is 3.80. The Hall–Kier alpha value is -1.14. The van der Waals surface area contributed by atoms with Gasteiger partial charge in [-0.15, -0.1) is 0 Å². The van der Waals surface area contributed by atoms with Crippen LogP contribution in [0.4, 0.5) is 0 Å². The molecule has 0 bridgehead atoms. The van der Waals surface area contributed by atoms with Gasteiger partial charge in [0.25, 0.3) is 0 Å². The Morgan fingerprint density at radius 2 is 1.90 bits per heavy atom. The Bertz CT molecular complexity index is 337.